The molecule has 1 aromatic rings. The van der Waals surface area contributed by atoms with Crippen molar-refractivity contribution < 1.29 is 4.39 Å². The van der Waals surface area contributed by atoms with Crippen molar-refractivity contribution in [2.45, 2.75) is 25.8 Å². The Labute approximate surface area is 117 Å². The zero-order valence-electron chi connectivity index (χ0n) is 10.3. The van der Waals surface area contributed by atoms with Crippen LogP contribution >= 0.6 is 23.2 Å². The minimum absolute atomic E-state index is 0.0892. The minimum atomic E-state index is -0.537. The summed E-state index contributed by atoms with van der Waals surface area (Å²) in [7, 11) is 0. The highest BCUT2D eigenvalue weighted by atomic mass is 35.5. The van der Waals surface area contributed by atoms with E-state index >= 15 is 0 Å². The lowest BCUT2D eigenvalue weighted by Crippen LogP contribution is -2.42. The van der Waals surface area contributed by atoms with Crippen molar-refractivity contribution in [3.63, 3.8) is 0 Å². The Morgan fingerprint density at radius 2 is 1.83 bits per heavy atom. The monoisotopic (exact) mass is 290 g/mol. The summed E-state index contributed by atoms with van der Waals surface area (Å²) in [6, 6.07) is 3.88. The average Bonchev–Trinajstić information content (AvgIpc) is 2.37. The SMILES string of the molecule is CCNC1CCN(c2cc(Cl)c(F)c(Cl)c2)CC1. The van der Waals surface area contributed by atoms with Crippen LogP contribution in [0, 0.1) is 5.82 Å². The molecule has 2 rings (SSSR count). The topological polar surface area (TPSA) is 15.3 Å². The summed E-state index contributed by atoms with van der Waals surface area (Å²) in [5, 5.41) is 3.63. The normalized spacial score (nSPS) is 17.2. The number of anilines is 1. The molecule has 1 saturated heterocycles. The standard InChI is InChI=1S/C13H17Cl2FN2/c1-2-17-9-3-5-18(6-4-9)10-7-11(14)13(16)12(15)8-10/h7-9,17H,2-6H2,1H3. The number of piperidine rings is 1. The van der Waals surface area contributed by atoms with Gasteiger partial charge in [-0.2, -0.15) is 0 Å². The van der Waals surface area contributed by atoms with Crippen LogP contribution in [-0.4, -0.2) is 25.7 Å². The highest BCUT2D eigenvalue weighted by molar-refractivity contribution is 6.35. The summed E-state index contributed by atoms with van der Waals surface area (Å²) in [5.41, 5.74) is 0.904. The van der Waals surface area contributed by atoms with Crippen molar-refractivity contribution in [1.29, 1.82) is 0 Å². The summed E-state index contributed by atoms with van der Waals surface area (Å²) in [4.78, 5) is 2.20. The van der Waals surface area contributed by atoms with Crippen LogP contribution in [0.15, 0.2) is 12.1 Å². The minimum Gasteiger partial charge on any atom is -0.371 e. The van der Waals surface area contributed by atoms with Gasteiger partial charge in [-0.15, -0.1) is 0 Å². The van der Waals surface area contributed by atoms with E-state index in [4.69, 9.17) is 23.2 Å². The summed E-state index contributed by atoms with van der Waals surface area (Å²) < 4.78 is 13.3. The van der Waals surface area contributed by atoms with E-state index in [2.05, 4.69) is 17.1 Å². The maximum atomic E-state index is 13.3. The molecular weight excluding hydrogens is 274 g/mol. The zero-order valence-corrected chi connectivity index (χ0v) is 11.9. The zero-order chi connectivity index (χ0) is 13.1. The lowest BCUT2D eigenvalue weighted by Gasteiger charge is -2.34. The first kappa shape index (κ1) is 13.9. The summed E-state index contributed by atoms with van der Waals surface area (Å²) in [5.74, 6) is -0.537. The van der Waals surface area contributed by atoms with E-state index in [9.17, 15) is 4.39 Å². The van der Waals surface area contributed by atoms with Crippen LogP contribution in [0.5, 0.6) is 0 Å². The molecule has 0 aromatic heterocycles. The predicted molar refractivity (Wildman–Crippen MR) is 75.3 cm³/mol. The van der Waals surface area contributed by atoms with Gasteiger partial charge in [0.1, 0.15) is 0 Å². The molecule has 1 aliphatic heterocycles. The predicted octanol–water partition coefficient (Wildman–Crippen LogP) is 3.71. The van der Waals surface area contributed by atoms with Crippen molar-refractivity contribution in [3.05, 3.63) is 28.0 Å². The van der Waals surface area contributed by atoms with Crippen molar-refractivity contribution >= 4 is 28.9 Å². The number of hydrogen-bond donors (Lipinski definition) is 1. The molecule has 1 aromatic carbocycles. The third-order valence-corrected chi connectivity index (χ3v) is 3.87. The Balaban J connectivity index is 2.05. The van der Waals surface area contributed by atoms with Gasteiger partial charge in [0.25, 0.3) is 0 Å². The first-order valence-corrected chi connectivity index (χ1v) is 7.00. The number of hydrogen-bond acceptors (Lipinski definition) is 2. The highest BCUT2D eigenvalue weighted by Gasteiger charge is 2.20. The number of rotatable bonds is 3. The molecule has 0 spiro atoms. The first-order chi connectivity index (χ1) is 8.61. The van der Waals surface area contributed by atoms with Crippen LogP contribution in [0.25, 0.3) is 0 Å². The van der Waals surface area contributed by atoms with Gasteiger partial charge in [0, 0.05) is 24.8 Å². The Morgan fingerprint density at radius 1 is 1.28 bits per heavy atom. The Hall–Kier alpha value is -0.510. The van der Waals surface area contributed by atoms with Crippen LogP contribution in [0.4, 0.5) is 10.1 Å². The maximum absolute atomic E-state index is 13.3. The van der Waals surface area contributed by atoms with Gasteiger partial charge in [-0.05, 0) is 31.5 Å². The van der Waals surface area contributed by atoms with Crippen LogP contribution in [0.1, 0.15) is 19.8 Å². The maximum Gasteiger partial charge on any atom is 0.160 e. The number of halogens is 3. The molecule has 0 aliphatic carbocycles. The molecule has 0 amide bonds. The molecule has 0 radical (unpaired) electrons. The van der Waals surface area contributed by atoms with Gasteiger partial charge < -0.3 is 10.2 Å². The molecule has 0 atom stereocenters. The quantitative estimate of drug-likeness (QED) is 0.854. The van der Waals surface area contributed by atoms with Gasteiger partial charge in [0.05, 0.1) is 10.0 Å². The summed E-state index contributed by atoms with van der Waals surface area (Å²) >= 11 is 11.6. The molecule has 1 fully saturated rings. The summed E-state index contributed by atoms with van der Waals surface area (Å²) in [6.45, 7) is 5.00. The Bertz CT molecular complexity index is 394. The molecule has 0 unspecified atom stereocenters. The molecule has 1 heterocycles. The Kier molecular flexibility index (Phi) is 4.71. The van der Waals surface area contributed by atoms with Gasteiger partial charge in [-0.25, -0.2) is 4.39 Å². The van der Waals surface area contributed by atoms with E-state index in [1.54, 1.807) is 12.1 Å². The fourth-order valence-electron chi connectivity index (χ4n) is 2.36. The second-order valence-corrected chi connectivity index (χ2v) is 5.36. The lowest BCUT2D eigenvalue weighted by molar-refractivity contribution is 0.424. The largest absolute Gasteiger partial charge is 0.371 e. The van der Waals surface area contributed by atoms with Crippen LogP contribution in [0.3, 0.4) is 0 Å². The number of nitrogens with one attached hydrogen (secondary N) is 1. The third kappa shape index (κ3) is 3.08. The molecule has 18 heavy (non-hydrogen) atoms. The molecule has 1 aliphatic rings. The van der Waals surface area contributed by atoms with E-state index in [0.29, 0.717) is 6.04 Å². The molecule has 100 valence electrons. The molecule has 1 N–H and O–H groups in total. The van der Waals surface area contributed by atoms with Gasteiger partial charge in [-0.3, -0.25) is 0 Å². The van der Waals surface area contributed by atoms with E-state index in [1.807, 2.05) is 0 Å². The first-order valence-electron chi connectivity index (χ1n) is 6.24. The van der Waals surface area contributed by atoms with Gasteiger partial charge >= 0.3 is 0 Å². The van der Waals surface area contributed by atoms with Crippen molar-refractivity contribution in [2.75, 3.05) is 24.5 Å². The number of nitrogens with zero attached hydrogens (tertiary/aromatic N) is 1. The Morgan fingerprint density at radius 3 is 2.33 bits per heavy atom. The fraction of sp³-hybridized carbons (Fsp3) is 0.538. The van der Waals surface area contributed by atoms with Crippen molar-refractivity contribution in [2.24, 2.45) is 0 Å². The van der Waals surface area contributed by atoms with Crippen LogP contribution < -0.4 is 10.2 Å². The highest BCUT2D eigenvalue weighted by Crippen LogP contribution is 2.30. The van der Waals surface area contributed by atoms with E-state index in [1.165, 1.54) is 0 Å². The molecule has 0 saturated carbocycles. The molecule has 0 bridgehead atoms. The second-order valence-electron chi connectivity index (χ2n) is 4.54. The van der Waals surface area contributed by atoms with E-state index < -0.39 is 5.82 Å². The smallest absolute Gasteiger partial charge is 0.160 e. The number of benzene rings is 1. The average molecular weight is 291 g/mol. The van der Waals surface area contributed by atoms with Crippen LogP contribution in [0.2, 0.25) is 10.0 Å². The van der Waals surface area contributed by atoms with E-state index in [-0.39, 0.29) is 10.0 Å². The molecule has 5 heteroatoms. The van der Waals surface area contributed by atoms with Gasteiger partial charge in [0.2, 0.25) is 0 Å². The van der Waals surface area contributed by atoms with Crippen LogP contribution in [-0.2, 0) is 0 Å². The van der Waals surface area contributed by atoms with Gasteiger partial charge in [-0.1, -0.05) is 30.1 Å². The second kappa shape index (κ2) is 6.09. The molecule has 2 nitrogen and oxygen atoms in total. The third-order valence-electron chi connectivity index (χ3n) is 3.32. The fourth-order valence-corrected chi connectivity index (χ4v) is 2.83. The van der Waals surface area contributed by atoms with Crippen molar-refractivity contribution in [3.8, 4) is 0 Å². The lowest BCUT2D eigenvalue weighted by atomic mass is 10.0. The van der Waals surface area contributed by atoms with Gasteiger partial charge in [0.15, 0.2) is 5.82 Å². The van der Waals surface area contributed by atoms with E-state index in [0.717, 1.165) is 38.2 Å². The molecular formula is C13H17Cl2FN2. The summed E-state index contributed by atoms with van der Waals surface area (Å²) in [6.07, 6.45) is 2.17. The van der Waals surface area contributed by atoms with Crippen molar-refractivity contribution in [1.82, 2.24) is 5.32 Å².